The van der Waals surface area contributed by atoms with Gasteiger partial charge in [-0.3, -0.25) is 9.78 Å². The Balaban J connectivity index is 1.27. The fraction of sp³-hybridized carbons (Fsp3) is 0.0741. The molecule has 0 saturated heterocycles. The molecule has 0 unspecified atom stereocenters. The van der Waals surface area contributed by atoms with Crippen molar-refractivity contribution in [2.24, 2.45) is 0 Å². The molecule has 35 heavy (non-hydrogen) atoms. The van der Waals surface area contributed by atoms with Gasteiger partial charge in [-0.05, 0) is 68.4 Å². The van der Waals surface area contributed by atoms with Gasteiger partial charge in [0, 0.05) is 57.2 Å². The lowest BCUT2D eigenvalue weighted by molar-refractivity contribution is 0.102. The molecule has 0 aliphatic carbocycles. The van der Waals surface area contributed by atoms with Gasteiger partial charge in [0.1, 0.15) is 5.01 Å². The number of hydrogen-bond donors (Lipinski definition) is 2. The Morgan fingerprint density at radius 3 is 2.34 bits per heavy atom. The summed E-state index contributed by atoms with van der Waals surface area (Å²) >= 11 is 1.56. The first-order chi connectivity index (χ1) is 17.0. The summed E-state index contributed by atoms with van der Waals surface area (Å²) in [6.45, 7) is 3.85. The highest BCUT2D eigenvalue weighted by molar-refractivity contribution is 7.13. The molecule has 3 heterocycles. The average Bonchev–Trinajstić information content (AvgIpc) is 3.35. The number of nitrogens with one attached hydrogen (secondary N) is 2. The summed E-state index contributed by atoms with van der Waals surface area (Å²) in [7, 11) is 0. The Morgan fingerprint density at radius 1 is 0.829 bits per heavy atom. The molecule has 3 aromatic heterocycles. The van der Waals surface area contributed by atoms with Crippen LogP contribution in [0.4, 0.5) is 17.3 Å². The number of carbonyl (C=O) groups excluding carboxylic acids is 1. The lowest BCUT2D eigenvalue weighted by Gasteiger charge is -2.09. The summed E-state index contributed by atoms with van der Waals surface area (Å²) in [6.07, 6.45) is 3.54. The van der Waals surface area contributed by atoms with Gasteiger partial charge < -0.3 is 10.6 Å². The number of amides is 1. The van der Waals surface area contributed by atoms with Crippen LogP contribution in [-0.2, 0) is 0 Å². The van der Waals surface area contributed by atoms with E-state index in [4.69, 9.17) is 4.98 Å². The molecule has 172 valence electrons. The van der Waals surface area contributed by atoms with Gasteiger partial charge in [0.15, 0.2) is 0 Å². The Bertz CT molecular complexity index is 1460. The largest absolute Gasteiger partial charge is 0.324 e. The normalized spacial score (nSPS) is 10.7. The highest BCUT2D eigenvalue weighted by atomic mass is 32.1. The van der Waals surface area contributed by atoms with Gasteiger partial charge in [-0.15, -0.1) is 11.3 Å². The fourth-order valence-corrected chi connectivity index (χ4v) is 4.42. The minimum atomic E-state index is -0.189. The number of rotatable bonds is 6. The second-order valence-corrected chi connectivity index (χ2v) is 8.85. The third-order valence-electron chi connectivity index (χ3n) is 5.21. The van der Waals surface area contributed by atoms with Crippen LogP contribution in [-0.4, -0.2) is 25.8 Å². The van der Waals surface area contributed by atoms with Gasteiger partial charge in [0.05, 0.1) is 5.69 Å². The van der Waals surface area contributed by atoms with E-state index in [1.807, 2.05) is 73.8 Å². The molecular formula is C27H22N6OS. The molecule has 0 aliphatic heterocycles. The van der Waals surface area contributed by atoms with E-state index < -0.39 is 0 Å². The lowest BCUT2D eigenvalue weighted by Crippen LogP contribution is -2.11. The highest BCUT2D eigenvalue weighted by Crippen LogP contribution is 2.29. The molecule has 7 nitrogen and oxygen atoms in total. The van der Waals surface area contributed by atoms with Crippen molar-refractivity contribution in [2.45, 2.75) is 13.8 Å². The number of anilines is 3. The molecule has 2 N–H and O–H groups in total. The Kier molecular flexibility index (Phi) is 6.28. The molecule has 0 atom stereocenters. The van der Waals surface area contributed by atoms with E-state index in [1.54, 1.807) is 35.9 Å². The molecule has 0 fully saturated rings. The second-order valence-electron chi connectivity index (χ2n) is 7.99. The zero-order valence-electron chi connectivity index (χ0n) is 19.2. The van der Waals surface area contributed by atoms with Crippen LogP contribution in [0.15, 0.2) is 84.5 Å². The number of carbonyl (C=O) groups is 1. The van der Waals surface area contributed by atoms with E-state index in [1.165, 1.54) is 0 Å². The molecule has 5 rings (SSSR count). The Labute approximate surface area is 207 Å². The summed E-state index contributed by atoms with van der Waals surface area (Å²) < 4.78 is 0. The number of benzene rings is 2. The molecule has 8 heteroatoms. The van der Waals surface area contributed by atoms with Crippen LogP contribution in [0.1, 0.15) is 21.7 Å². The van der Waals surface area contributed by atoms with Crippen LogP contribution in [0, 0.1) is 13.8 Å². The van der Waals surface area contributed by atoms with Gasteiger partial charge in [-0.1, -0.05) is 12.1 Å². The van der Waals surface area contributed by atoms with Crippen molar-refractivity contribution in [1.82, 2.24) is 19.9 Å². The summed E-state index contributed by atoms with van der Waals surface area (Å²) in [5, 5.41) is 9.06. The smallest absolute Gasteiger partial charge is 0.255 e. The summed E-state index contributed by atoms with van der Waals surface area (Å²) in [6, 6.07) is 20.7. The van der Waals surface area contributed by atoms with Crippen LogP contribution in [0.5, 0.6) is 0 Å². The van der Waals surface area contributed by atoms with Gasteiger partial charge in [0.25, 0.3) is 5.91 Å². The number of aryl methyl sites for hydroxylation is 2. The average molecular weight is 479 g/mol. The zero-order chi connectivity index (χ0) is 24.2. The Hall–Kier alpha value is -4.43. The topological polar surface area (TPSA) is 92.7 Å². The maximum atomic E-state index is 12.8. The van der Waals surface area contributed by atoms with Crippen molar-refractivity contribution in [3.8, 4) is 21.8 Å². The van der Waals surface area contributed by atoms with Crippen molar-refractivity contribution in [2.75, 3.05) is 10.6 Å². The summed E-state index contributed by atoms with van der Waals surface area (Å²) in [4.78, 5) is 30.5. The molecule has 0 aliphatic rings. The number of thiazole rings is 1. The van der Waals surface area contributed by atoms with Crippen molar-refractivity contribution >= 4 is 34.6 Å². The quantitative estimate of drug-likeness (QED) is 0.299. The van der Waals surface area contributed by atoms with E-state index in [2.05, 4.69) is 25.6 Å². The standard InChI is InChI=1S/C27H22N6OS/c1-17-13-18(2)30-27(29-17)32-22-10-8-19(9-11-22)25(34)31-23-7-3-5-20(14-23)24-16-35-26(33-24)21-6-4-12-28-15-21/h3-16H,1-2H3,(H,31,34)(H,29,30,32). The van der Waals surface area contributed by atoms with Crippen molar-refractivity contribution < 1.29 is 4.79 Å². The van der Waals surface area contributed by atoms with Gasteiger partial charge in [-0.25, -0.2) is 15.0 Å². The maximum Gasteiger partial charge on any atom is 0.255 e. The third-order valence-corrected chi connectivity index (χ3v) is 6.11. The van der Waals surface area contributed by atoms with E-state index in [-0.39, 0.29) is 5.91 Å². The summed E-state index contributed by atoms with van der Waals surface area (Å²) in [5.41, 5.74) is 6.62. The predicted molar refractivity (Wildman–Crippen MR) is 140 cm³/mol. The molecule has 0 radical (unpaired) electrons. The van der Waals surface area contributed by atoms with Crippen LogP contribution in [0.25, 0.3) is 21.8 Å². The van der Waals surface area contributed by atoms with Crippen molar-refractivity contribution in [3.05, 3.63) is 101 Å². The molecule has 0 bridgehead atoms. The first-order valence-electron chi connectivity index (χ1n) is 11.0. The molecule has 1 amide bonds. The van der Waals surface area contributed by atoms with E-state index >= 15 is 0 Å². The molecule has 2 aromatic carbocycles. The van der Waals surface area contributed by atoms with Crippen LogP contribution in [0.3, 0.4) is 0 Å². The maximum absolute atomic E-state index is 12.8. The zero-order valence-corrected chi connectivity index (χ0v) is 20.0. The van der Waals surface area contributed by atoms with Crippen LogP contribution < -0.4 is 10.6 Å². The molecule has 5 aromatic rings. The monoisotopic (exact) mass is 478 g/mol. The Morgan fingerprint density at radius 2 is 1.60 bits per heavy atom. The number of pyridine rings is 1. The van der Waals surface area contributed by atoms with Crippen molar-refractivity contribution in [1.29, 1.82) is 0 Å². The van der Waals surface area contributed by atoms with Crippen LogP contribution >= 0.6 is 11.3 Å². The summed E-state index contributed by atoms with van der Waals surface area (Å²) in [5.74, 6) is 0.343. The third kappa shape index (κ3) is 5.39. The molecular weight excluding hydrogens is 456 g/mol. The minimum Gasteiger partial charge on any atom is -0.324 e. The SMILES string of the molecule is Cc1cc(C)nc(Nc2ccc(C(=O)Nc3cccc(-c4csc(-c5cccnc5)n4)c3)cc2)n1. The lowest BCUT2D eigenvalue weighted by atomic mass is 10.1. The minimum absolute atomic E-state index is 0.189. The van der Waals surface area contributed by atoms with E-state index in [9.17, 15) is 4.79 Å². The predicted octanol–water partition coefficient (Wildman–Crippen LogP) is 6.27. The van der Waals surface area contributed by atoms with Gasteiger partial charge in [0.2, 0.25) is 5.95 Å². The second kappa shape index (κ2) is 9.82. The number of hydrogen-bond acceptors (Lipinski definition) is 7. The fourth-order valence-electron chi connectivity index (χ4n) is 3.60. The van der Waals surface area contributed by atoms with Gasteiger partial charge >= 0.3 is 0 Å². The molecule has 0 saturated carbocycles. The van der Waals surface area contributed by atoms with Crippen LogP contribution in [0.2, 0.25) is 0 Å². The van der Waals surface area contributed by atoms with Crippen molar-refractivity contribution in [3.63, 3.8) is 0 Å². The number of nitrogens with zero attached hydrogens (tertiary/aromatic N) is 4. The first kappa shape index (κ1) is 22.4. The molecule has 0 spiro atoms. The van der Waals surface area contributed by atoms with E-state index in [0.717, 1.165) is 38.9 Å². The number of aromatic nitrogens is 4. The first-order valence-corrected chi connectivity index (χ1v) is 11.9. The van der Waals surface area contributed by atoms with Gasteiger partial charge in [-0.2, -0.15) is 0 Å². The van der Waals surface area contributed by atoms with E-state index in [0.29, 0.717) is 17.2 Å². The highest BCUT2D eigenvalue weighted by Gasteiger charge is 2.10.